The van der Waals surface area contributed by atoms with Gasteiger partial charge in [-0.15, -0.1) is 5.10 Å². The van der Waals surface area contributed by atoms with Crippen LogP contribution < -0.4 is 15.6 Å². The van der Waals surface area contributed by atoms with Gasteiger partial charge in [-0.1, -0.05) is 18.6 Å². The van der Waals surface area contributed by atoms with Gasteiger partial charge in [0.05, 0.1) is 5.69 Å². The lowest BCUT2D eigenvalue weighted by molar-refractivity contribution is -0.128. The van der Waals surface area contributed by atoms with Gasteiger partial charge in [0.15, 0.2) is 6.10 Å². The van der Waals surface area contributed by atoms with E-state index in [1.165, 1.54) is 54.8 Å². The molecule has 0 aliphatic heterocycles. The molecular formula is C22H26FN3O3. The highest BCUT2D eigenvalue weighted by molar-refractivity contribution is 5.81. The molecule has 1 heterocycles. The summed E-state index contributed by atoms with van der Waals surface area (Å²) in [6, 6.07) is 8.16. The van der Waals surface area contributed by atoms with Gasteiger partial charge in [0.2, 0.25) is 5.88 Å². The average Bonchev–Trinajstić information content (AvgIpc) is 2.74. The van der Waals surface area contributed by atoms with Crippen LogP contribution in [0.4, 0.5) is 4.39 Å². The Hall–Kier alpha value is -2.96. The van der Waals surface area contributed by atoms with Gasteiger partial charge in [0.25, 0.3) is 11.5 Å². The highest BCUT2D eigenvalue weighted by atomic mass is 19.1. The fourth-order valence-corrected chi connectivity index (χ4v) is 3.28. The quantitative estimate of drug-likeness (QED) is 0.689. The summed E-state index contributed by atoms with van der Waals surface area (Å²) in [4.78, 5) is 24.6. The lowest BCUT2D eigenvalue weighted by atomic mass is 9.97. The Kier molecular flexibility index (Phi) is 7.16. The van der Waals surface area contributed by atoms with Crippen LogP contribution in [0.2, 0.25) is 0 Å². The lowest BCUT2D eigenvalue weighted by Crippen LogP contribution is -2.39. The van der Waals surface area contributed by atoms with Crippen LogP contribution in [0.3, 0.4) is 0 Å². The highest BCUT2D eigenvalue weighted by Gasteiger charge is 2.19. The van der Waals surface area contributed by atoms with E-state index in [0.29, 0.717) is 18.7 Å². The molecule has 0 bridgehead atoms. The van der Waals surface area contributed by atoms with Crippen molar-refractivity contribution >= 4 is 5.91 Å². The van der Waals surface area contributed by atoms with E-state index in [9.17, 15) is 14.0 Å². The summed E-state index contributed by atoms with van der Waals surface area (Å²) in [5.74, 6) is -0.447. The molecule has 1 amide bonds. The number of nitrogens with one attached hydrogen (secondary N) is 1. The average molecular weight is 399 g/mol. The number of carbonyl (C=O) groups excluding carboxylic acids is 1. The summed E-state index contributed by atoms with van der Waals surface area (Å²) < 4.78 is 20.0. The van der Waals surface area contributed by atoms with Gasteiger partial charge in [-0.3, -0.25) is 9.59 Å². The third-order valence-corrected chi connectivity index (χ3v) is 4.90. The second-order valence-electron chi connectivity index (χ2n) is 7.06. The predicted octanol–water partition coefficient (Wildman–Crippen LogP) is 3.54. The molecule has 1 atom stereocenters. The van der Waals surface area contributed by atoms with E-state index in [-0.39, 0.29) is 17.3 Å². The minimum Gasteiger partial charge on any atom is -0.463 e. The molecule has 0 unspecified atom stereocenters. The van der Waals surface area contributed by atoms with E-state index in [4.69, 9.17) is 4.74 Å². The summed E-state index contributed by atoms with van der Waals surface area (Å²) in [6.45, 7) is 2.43. The van der Waals surface area contributed by atoms with Crippen LogP contribution in [-0.2, 0) is 4.79 Å². The van der Waals surface area contributed by atoms with E-state index < -0.39 is 11.9 Å². The number of aromatic nitrogens is 2. The van der Waals surface area contributed by atoms with Crippen molar-refractivity contribution in [2.45, 2.75) is 51.6 Å². The number of rotatable bonds is 8. The molecule has 1 N–H and O–H groups in total. The van der Waals surface area contributed by atoms with Crippen molar-refractivity contribution in [3.05, 3.63) is 64.2 Å². The topological polar surface area (TPSA) is 73.2 Å². The Morgan fingerprint density at radius 3 is 2.72 bits per heavy atom. The molecule has 29 heavy (non-hydrogen) atoms. The number of benzene rings is 1. The number of amides is 1. The van der Waals surface area contributed by atoms with Crippen LogP contribution in [-0.4, -0.2) is 28.3 Å². The van der Waals surface area contributed by atoms with Crippen molar-refractivity contribution in [2.24, 2.45) is 0 Å². The molecule has 1 aliphatic rings. The number of ether oxygens (including phenoxy) is 1. The van der Waals surface area contributed by atoms with E-state index >= 15 is 0 Å². The zero-order valence-electron chi connectivity index (χ0n) is 16.6. The lowest BCUT2D eigenvalue weighted by Gasteiger charge is -2.18. The molecule has 6 nitrogen and oxygen atoms in total. The normalized spacial score (nSPS) is 14.8. The van der Waals surface area contributed by atoms with Gasteiger partial charge in [0.1, 0.15) is 5.82 Å². The first-order valence-corrected chi connectivity index (χ1v) is 10.1. The number of nitrogens with zero attached hydrogens (tertiary/aromatic N) is 2. The third-order valence-electron chi connectivity index (χ3n) is 4.90. The van der Waals surface area contributed by atoms with E-state index in [1.54, 1.807) is 0 Å². The first kappa shape index (κ1) is 20.8. The van der Waals surface area contributed by atoms with Crippen LogP contribution in [0.1, 0.15) is 45.4 Å². The first-order chi connectivity index (χ1) is 14.1. The van der Waals surface area contributed by atoms with Crippen LogP contribution in [0, 0.1) is 5.82 Å². The first-order valence-electron chi connectivity index (χ1n) is 10.1. The molecule has 1 aromatic carbocycles. The van der Waals surface area contributed by atoms with Gasteiger partial charge < -0.3 is 10.1 Å². The minimum atomic E-state index is -0.706. The molecule has 0 saturated heterocycles. The van der Waals surface area contributed by atoms with Crippen LogP contribution in [0.5, 0.6) is 5.88 Å². The van der Waals surface area contributed by atoms with Gasteiger partial charge in [-0.05, 0) is 62.8 Å². The summed E-state index contributed by atoms with van der Waals surface area (Å²) in [5.41, 5.74) is 1.45. The number of hydrogen-bond donors (Lipinski definition) is 1. The van der Waals surface area contributed by atoms with Gasteiger partial charge >= 0.3 is 0 Å². The van der Waals surface area contributed by atoms with Gasteiger partial charge in [-0.25, -0.2) is 4.39 Å². The van der Waals surface area contributed by atoms with Crippen molar-refractivity contribution < 1.29 is 13.9 Å². The SMILES string of the molecule is CC[C@@H](Oc1ccc(=O)n(-c2ccc(F)cc2)n1)C(=O)NCCC1=CCCCC1. The van der Waals surface area contributed by atoms with Crippen LogP contribution in [0.25, 0.3) is 5.69 Å². The molecule has 0 radical (unpaired) electrons. The zero-order valence-corrected chi connectivity index (χ0v) is 16.6. The summed E-state index contributed by atoms with van der Waals surface area (Å²) >= 11 is 0. The van der Waals surface area contributed by atoms with Crippen molar-refractivity contribution in [3.63, 3.8) is 0 Å². The molecule has 0 saturated carbocycles. The Morgan fingerprint density at radius 2 is 2.03 bits per heavy atom. The fraction of sp³-hybridized carbons (Fsp3) is 0.409. The van der Waals surface area contributed by atoms with Crippen molar-refractivity contribution in [1.29, 1.82) is 0 Å². The number of hydrogen-bond acceptors (Lipinski definition) is 4. The maximum Gasteiger partial charge on any atom is 0.271 e. The number of allylic oxidation sites excluding steroid dienone is 1. The molecule has 0 fully saturated rings. The molecule has 3 rings (SSSR count). The fourth-order valence-electron chi connectivity index (χ4n) is 3.28. The number of halogens is 1. The van der Waals surface area contributed by atoms with Crippen LogP contribution in [0.15, 0.2) is 52.8 Å². The molecule has 1 aromatic heterocycles. The van der Waals surface area contributed by atoms with Gasteiger partial charge in [-0.2, -0.15) is 4.68 Å². The molecule has 2 aromatic rings. The second kappa shape index (κ2) is 10.0. The van der Waals surface area contributed by atoms with Gasteiger partial charge in [0, 0.05) is 18.7 Å². The Morgan fingerprint density at radius 1 is 1.24 bits per heavy atom. The Balaban J connectivity index is 1.63. The molecule has 1 aliphatic carbocycles. The largest absolute Gasteiger partial charge is 0.463 e. The van der Waals surface area contributed by atoms with Crippen molar-refractivity contribution in [2.75, 3.05) is 6.54 Å². The third kappa shape index (κ3) is 5.76. The van der Waals surface area contributed by atoms with Crippen LogP contribution >= 0.6 is 0 Å². The van der Waals surface area contributed by atoms with Crippen molar-refractivity contribution in [1.82, 2.24) is 15.1 Å². The predicted molar refractivity (Wildman–Crippen MR) is 109 cm³/mol. The minimum absolute atomic E-state index is 0.158. The highest BCUT2D eigenvalue weighted by Crippen LogP contribution is 2.19. The Labute approximate surface area is 169 Å². The summed E-state index contributed by atoms with van der Waals surface area (Å²) in [5, 5.41) is 7.09. The zero-order chi connectivity index (χ0) is 20.6. The molecule has 0 spiro atoms. The second-order valence-corrected chi connectivity index (χ2v) is 7.06. The maximum atomic E-state index is 13.1. The standard InChI is InChI=1S/C22H26FN3O3/c1-2-19(22(28)24-15-14-16-6-4-3-5-7-16)29-20-12-13-21(27)26(25-20)18-10-8-17(23)9-11-18/h6,8-13,19H,2-5,7,14-15H2,1H3,(H,24,28)/t19-/m1/s1. The van der Waals surface area contributed by atoms with E-state index in [1.807, 2.05) is 6.92 Å². The maximum absolute atomic E-state index is 13.1. The Bertz CT molecular complexity index is 922. The smallest absolute Gasteiger partial charge is 0.271 e. The summed E-state index contributed by atoms with van der Waals surface area (Å²) in [7, 11) is 0. The van der Waals surface area contributed by atoms with Crippen molar-refractivity contribution in [3.8, 4) is 11.6 Å². The van der Waals surface area contributed by atoms with E-state index in [2.05, 4.69) is 16.5 Å². The number of carbonyl (C=O) groups is 1. The molecule has 154 valence electrons. The monoisotopic (exact) mass is 399 g/mol. The summed E-state index contributed by atoms with van der Waals surface area (Å²) in [6.07, 6.45) is 7.58. The molecule has 7 heteroatoms. The molecular weight excluding hydrogens is 373 g/mol. The van der Waals surface area contributed by atoms with E-state index in [0.717, 1.165) is 23.9 Å².